The highest BCUT2D eigenvalue weighted by Crippen LogP contribution is 2.38. The Morgan fingerprint density at radius 3 is 2.65 bits per heavy atom. The zero-order chi connectivity index (χ0) is 16.7. The third-order valence-corrected chi connectivity index (χ3v) is 4.84. The van der Waals surface area contributed by atoms with Gasteiger partial charge in [0.2, 0.25) is 0 Å². The van der Waals surface area contributed by atoms with E-state index in [0.29, 0.717) is 19.1 Å². The lowest BCUT2D eigenvalue weighted by molar-refractivity contribution is 0.0974. The van der Waals surface area contributed by atoms with Crippen LogP contribution in [0.4, 0.5) is 0 Å². The van der Waals surface area contributed by atoms with Crippen molar-refractivity contribution >= 4 is 0 Å². The van der Waals surface area contributed by atoms with E-state index in [0.717, 1.165) is 18.6 Å². The third-order valence-electron chi connectivity index (χ3n) is 4.84. The van der Waals surface area contributed by atoms with Crippen molar-refractivity contribution in [2.75, 3.05) is 13.2 Å². The van der Waals surface area contributed by atoms with Gasteiger partial charge in [0.25, 0.3) is 0 Å². The average Bonchev–Trinajstić information content (AvgIpc) is 3.05. The monoisotopic (exact) mass is 319 g/mol. The summed E-state index contributed by atoms with van der Waals surface area (Å²) in [6.45, 7) is 7.46. The maximum atomic E-state index is 10.2. The molecule has 0 heterocycles. The number of β-amino-alcohol motifs (C(OH)–C–C–N with tert-alkyl or cyclic N) is 1. The minimum atomic E-state index is -0.484. The maximum absolute atomic E-state index is 10.2. The van der Waals surface area contributed by atoms with E-state index < -0.39 is 6.10 Å². The van der Waals surface area contributed by atoms with Gasteiger partial charge in [0.05, 0.1) is 0 Å². The summed E-state index contributed by atoms with van der Waals surface area (Å²) in [4.78, 5) is 0. The van der Waals surface area contributed by atoms with E-state index in [-0.39, 0.29) is 5.54 Å². The van der Waals surface area contributed by atoms with Crippen molar-refractivity contribution in [1.29, 1.82) is 0 Å². The topological polar surface area (TPSA) is 41.5 Å². The summed E-state index contributed by atoms with van der Waals surface area (Å²) in [6, 6.07) is 8.32. The zero-order valence-corrected chi connectivity index (χ0v) is 15.0. The number of nitrogens with one attached hydrogen (secondary N) is 1. The van der Waals surface area contributed by atoms with Crippen LogP contribution in [0, 0.1) is 0 Å². The summed E-state index contributed by atoms with van der Waals surface area (Å²) < 4.78 is 5.95. The lowest BCUT2D eigenvalue weighted by Crippen LogP contribution is -2.44. The van der Waals surface area contributed by atoms with Gasteiger partial charge in [-0.3, -0.25) is 0 Å². The molecule has 1 aromatic rings. The van der Waals surface area contributed by atoms with E-state index in [4.69, 9.17) is 4.74 Å². The number of benzene rings is 1. The predicted octanol–water partition coefficient (Wildman–Crippen LogP) is 4.25. The molecule has 1 unspecified atom stereocenters. The van der Waals surface area contributed by atoms with Crippen molar-refractivity contribution in [3.05, 3.63) is 29.8 Å². The molecule has 1 atom stereocenters. The van der Waals surface area contributed by atoms with E-state index >= 15 is 0 Å². The third kappa shape index (κ3) is 5.82. The zero-order valence-electron chi connectivity index (χ0n) is 15.0. The largest absolute Gasteiger partial charge is 0.491 e. The Balaban J connectivity index is 1.83. The summed E-state index contributed by atoms with van der Waals surface area (Å²) >= 11 is 0. The summed E-state index contributed by atoms with van der Waals surface area (Å²) in [5, 5.41) is 13.6. The van der Waals surface area contributed by atoms with E-state index in [1.807, 2.05) is 12.1 Å². The second-order valence-corrected chi connectivity index (χ2v) is 7.50. The molecule has 130 valence electrons. The van der Waals surface area contributed by atoms with Gasteiger partial charge < -0.3 is 15.2 Å². The first-order chi connectivity index (χ1) is 11.0. The minimum Gasteiger partial charge on any atom is -0.491 e. The number of hydrogen-bond donors (Lipinski definition) is 2. The first kappa shape index (κ1) is 18.3. The van der Waals surface area contributed by atoms with Gasteiger partial charge in [-0.25, -0.2) is 0 Å². The van der Waals surface area contributed by atoms with Gasteiger partial charge in [-0.15, -0.1) is 0 Å². The summed E-state index contributed by atoms with van der Waals surface area (Å²) in [6.07, 6.45) is 6.91. The number of aliphatic hydroxyl groups is 1. The van der Waals surface area contributed by atoms with Crippen LogP contribution in [0.3, 0.4) is 0 Å². The van der Waals surface area contributed by atoms with Crippen molar-refractivity contribution in [1.82, 2.24) is 5.32 Å². The molecule has 1 aliphatic rings. The van der Waals surface area contributed by atoms with Crippen molar-refractivity contribution in [3.8, 4) is 5.75 Å². The van der Waals surface area contributed by atoms with Crippen molar-refractivity contribution in [3.63, 3.8) is 0 Å². The van der Waals surface area contributed by atoms with Gasteiger partial charge in [-0.05, 0) is 50.7 Å². The molecule has 2 rings (SSSR count). The fraction of sp³-hybridized carbons (Fsp3) is 0.700. The number of para-hydroxylation sites is 1. The molecular weight excluding hydrogens is 286 g/mol. The molecule has 23 heavy (non-hydrogen) atoms. The molecule has 1 aromatic carbocycles. The Kier molecular flexibility index (Phi) is 6.91. The van der Waals surface area contributed by atoms with E-state index in [1.54, 1.807) is 0 Å². The van der Waals surface area contributed by atoms with E-state index in [1.165, 1.54) is 31.2 Å². The molecule has 0 radical (unpaired) electrons. The Labute approximate surface area is 141 Å². The molecule has 0 saturated heterocycles. The Morgan fingerprint density at radius 2 is 1.96 bits per heavy atom. The SMILES string of the molecule is CCCC(C)(C)NCC(O)COc1ccccc1C1CCCC1. The molecule has 0 bridgehead atoms. The number of ether oxygens (including phenoxy) is 1. The molecule has 3 nitrogen and oxygen atoms in total. The van der Waals surface area contributed by atoms with E-state index in [2.05, 4.69) is 38.2 Å². The van der Waals surface area contributed by atoms with Crippen LogP contribution in [0.5, 0.6) is 5.75 Å². The van der Waals surface area contributed by atoms with Crippen LogP contribution in [0.1, 0.15) is 70.8 Å². The molecule has 2 N–H and O–H groups in total. The molecule has 0 spiro atoms. The van der Waals surface area contributed by atoms with Crippen LogP contribution in [0.25, 0.3) is 0 Å². The van der Waals surface area contributed by atoms with Crippen LogP contribution >= 0.6 is 0 Å². The number of aliphatic hydroxyl groups excluding tert-OH is 1. The van der Waals surface area contributed by atoms with Crippen LogP contribution in [-0.2, 0) is 0 Å². The van der Waals surface area contributed by atoms with Crippen LogP contribution in [0.2, 0.25) is 0 Å². The van der Waals surface area contributed by atoms with Crippen LogP contribution in [-0.4, -0.2) is 29.9 Å². The first-order valence-corrected chi connectivity index (χ1v) is 9.16. The van der Waals surface area contributed by atoms with Crippen LogP contribution < -0.4 is 10.1 Å². The molecular formula is C20H33NO2. The van der Waals surface area contributed by atoms with Gasteiger partial charge in [-0.2, -0.15) is 0 Å². The minimum absolute atomic E-state index is 0.0669. The summed E-state index contributed by atoms with van der Waals surface area (Å²) in [5.41, 5.74) is 1.38. The molecule has 3 heteroatoms. The standard InChI is InChI=1S/C20H33NO2/c1-4-13-20(2,3)21-14-17(22)15-23-19-12-8-7-11-18(19)16-9-5-6-10-16/h7-8,11-12,16-17,21-22H,4-6,9-10,13-15H2,1-3H3. The quantitative estimate of drug-likeness (QED) is 0.715. The molecule has 0 amide bonds. The second kappa shape index (κ2) is 8.70. The average molecular weight is 319 g/mol. The summed E-state index contributed by atoms with van der Waals surface area (Å²) in [5.74, 6) is 1.58. The molecule has 0 aromatic heterocycles. The first-order valence-electron chi connectivity index (χ1n) is 9.16. The second-order valence-electron chi connectivity index (χ2n) is 7.50. The highest BCUT2D eigenvalue weighted by Gasteiger charge is 2.21. The maximum Gasteiger partial charge on any atom is 0.122 e. The molecule has 0 aliphatic heterocycles. The lowest BCUT2D eigenvalue weighted by Gasteiger charge is -2.27. The summed E-state index contributed by atoms with van der Waals surface area (Å²) in [7, 11) is 0. The van der Waals surface area contributed by atoms with Gasteiger partial charge in [0.1, 0.15) is 18.5 Å². The lowest BCUT2D eigenvalue weighted by atomic mass is 9.97. The van der Waals surface area contributed by atoms with Crippen molar-refractivity contribution < 1.29 is 9.84 Å². The van der Waals surface area contributed by atoms with Gasteiger partial charge in [0.15, 0.2) is 0 Å². The number of rotatable bonds is 9. The molecule has 1 aliphatic carbocycles. The van der Waals surface area contributed by atoms with Crippen LogP contribution in [0.15, 0.2) is 24.3 Å². The van der Waals surface area contributed by atoms with Crippen molar-refractivity contribution in [2.24, 2.45) is 0 Å². The van der Waals surface area contributed by atoms with Gasteiger partial charge >= 0.3 is 0 Å². The van der Waals surface area contributed by atoms with E-state index in [9.17, 15) is 5.11 Å². The number of hydrogen-bond acceptors (Lipinski definition) is 3. The van der Waals surface area contributed by atoms with Crippen molar-refractivity contribution in [2.45, 2.75) is 76.9 Å². The fourth-order valence-electron chi connectivity index (χ4n) is 3.54. The molecule has 1 saturated carbocycles. The molecule has 1 fully saturated rings. The normalized spacial score (nSPS) is 17.4. The highest BCUT2D eigenvalue weighted by molar-refractivity contribution is 5.36. The highest BCUT2D eigenvalue weighted by atomic mass is 16.5. The Hall–Kier alpha value is -1.06. The Bertz CT molecular complexity index is 466. The smallest absolute Gasteiger partial charge is 0.122 e. The van der Waals surface area contributed by atoms with Gasteiger partial charge in [0, 0.05) is 12.1 Å². The fourth-order valence-corrected chi connectivity index (χ4v) is 3.54. The Morgan fingerprint density at radius 1 is 1.26 bits per heavy atom. The van der Waals surface area contributed by atoms with Gasteiger partial charge in [-0.1, -0.05) is 44.4 Å². The predicted molar refractivity (Wildman–Crippen MR) is 96.1 cm³/mol.